The van der Waals surface area contributed by atoms with E-state index in [0.29, 0.717) is 12.2 Å². The first-order valence-electron chi connectivity index (χ1n) is 4.99. The van der Waals surface area contributed by atoms with E-state index < -0.39 is 5.97 Å². The zero-order valence-electron chi connectivity index (χ0n) is 9.04. The van der Waals surface area contributed by atoms with E-state index in [1.54, 1.807) is 13.0 Å². The maximum Gasteiger partial charge on any atom is 0.374 e. The minimum atomic E-state index is -0.426. The van der Waals surface area contributed by atoms with Crippen LogP contribution in [0.4, 0.5) is 0 Å². The average Bonchev–Trinajstić information content (AvgIpc) is 2.70. The van der Waals surface area contributed by atoms with Crippen LogP contribution in [0.2, 0.25) is 0 Å². The summed E-state index contributed by atoms with van der Waals surface area (Å²) in [5, 5.41) is 0.928. The van der Waals surface area contributed by atoms with Crippen LogP contribution < -0.4 is 0 Å². The first-order valence-corrected chi connectivity index (χ1v) is 5.78. The van der Waals surface area contributed by atoms with Gasteiger partial charge < -0.3 is 9.15 Å². The summed E-state index contributed by atoms with van der Waals surface area (Å²) >= 11 is 3.39. The van der Waals surface area contributed by atoms with E-state index in [-0.39, 0.29) is 5.76 Å². The van der Waals surface area contributed by atoms with Gasteiger partial charge in [0.1, 0.15) is 5.58 Å². The van der Waals surface area contributed by atoms with Crippen LogP contribution >= 0.6 is 15.9 Å². The van der Waals surface area contributed by atoms with Gasteiger partial charge in [0.05, 0.1) is 11.1 Å². The van der Waals surface area contributed by atoms with Gasteiger partial charge >= 0.3 is 5.97 Å². The lowest BCUT2D eigenvalue weighted by molar-refractivity contribution is 0.0492. The normalized spacial score (nSPS) is 10.7. The minimum Gasteiger partial charge on any atom is -0.460 e. The van der Waals surface area contributed by atoms with E-state index in [9.17, 15) is 4.79 Å². The van der Waals surface area contributed by atoms with Gasteiger partial charge in [-0.15, -0.1) is 0 Å². The Morgan fingerprint density at radius 3 is 2.88 bits per heavy atom. The van der Waals surface area contributed by atoms with Crippen LogP contribution in [0.3, 0.4) is 0 Å². The van der Waals surface area contributed by atoms with Crippen LogP contribution in [-0.4, -0.2) is 12.6 Å². The minimum absolute atomic E-state index is 0.242. The van der Waals surface area contributed by atoms with Gasteiger partial charge in [0, 0.05) is 5.39 Å². The predicted octanol–water partition coefficient (Wildman–Crippen LogP) is 3.68. The summed E-state index contributed by atoms with van der Waals surface area (Å²) in [5.41, 5.74) is 1.75. The Hall–Kier alpha value is -1.29. The Labute approximate surface area is 102 Å². The second kappa shape index (κ2) is 4.29. The Morgan fingerprint density at radius 1 is 1.50 bits per heavy atom. The summed E-state index contributed by atoms with van der Waals surface area (Å²) < 4.78 is 11.2. The van der Waals surface area contributed by atoms with Crippen LogP contribution in [0.25, 0.3) is 11.0 Å². The fourth-order valence-corrected chi connectivity index (χ4v) is 1.95. The number of ether oxygens (including phenoxy) is 1. The molecular formula is C12H11BrO3. The molecule has 0 saturated carbocycles. The van der Waals surface area contributed by atoms with E-state index in [2.05, 4.69) is 15.9 Å². The first-order chi connectivity index (χ1) is 7.63. The molecule has 0 bridgehead atoms. The molecule has 3 nitrogen and oxygen atoms in total. The molecular weight excluding hydrogens is 272 g/mol. The van der Waals surface area contributed by atoms with Crippen LogP contribution in [0.1, 0.15) is 23.0 Å². The maximum absolute atomic E-state index is 11.5. The van der Waals surface area contributed by atoms with E-state index in [1.165, 1.54) is 0 Å². The molecule has 0 unspecified atom stereocenters. The number of halogens is 1. The van der Waals surface area contributed by atoms with Crippen molar-refractivity contribution in [2.24, 2.45) is 0 Å². The van der Waals surface area contributed by atoms with Gasteiger partial charge in [-0.3, -0.25) is 0 Å². The largest absolute Gasteiger partial charge is 0.460 e. The molecule has 2 rings (SSSR count). The third kappa shape index (κ3) is 1.85. The summed E-state index contributed by atoms with van der Waals surface area (Å²) in [7, 11) is 0. The van der Waals surface area contributed by atoms with Gasteiger partial charge in [-0.1, -0.05) is 6.07 Å². The molecule has 4 heteroatoms. The fourth-order valence-electron chi connectivity index (χ4n) is 1.53. The molecule has 0 spiro atoms. The smallest absolute Gasteiger partial charge is 0.374 e. The van der Waals surface area contributed by atoms with Crippen LogP contribution in [-0.2, 0) is 4.74 Å². The maximum atomic E-state index is 11.5. The van der Waals surface area contributed by atoms with Crippen LogP contribution in [0.15, 0.2) is 27.1 Å². The third-order valence-electron chi connectivity index (χ3n) is 2.33. The summed E-state index contributed by atoms with van der Waals surface area (Å²) in [6, 6.07) is 5.58. The molecule has 0 aliphatic heterocycles. The molecule has 1 aromatic heterocycles. The van der Waals surface area contributed by atoms with Crippen molar-refractivity contribution in [2.75, 3.05) is 6.61 Å². The molecule has 0 radical (unpaired) electrons. The first kappa shape index (κ1) is 11.2. The van der Waals surface area contributed by atoms with Crippen molar-refractivity contribution in [3.8, 4) is 0 Å². The lowest BCUT2D eigenvalue weighted by Gasteiger charge is -1.96. The number of rotatable bonds is 2. The number of fused-ring (bicyclic) bond motifs is 1. The quantitative estimate of drug-likeness (QED) is 0.789. The molecule has 1 heterocycles. The van der Waals surface area contributed by atoms with Gasteiger partial charge in [-0.2, -0.15) is 0 Å². The highest BCUT2D eigenvalue weighted by Crippen LogP contribution is 2.29. The van der Waals surface area contributed by atoms with Crippen molar-refractivity contribution in [1.82, 2.24) is 0 Å². The Kier molecular flexibility index (Phi) is 3.01. The number of furan rings is 1. The zero-order valence-corrected chi connectivity index (χ0v) is 10.6. The Bertz CT molecular complexity index is 503. The molecule has 1 aromatic carbocycles. The molecule has 2 aromatic rings. The molecule has 84 valence electrons. The van der Waals surface area contributed by atoms with Crippen molar-refractivity contribution in [3.05, 3.63) is 34.0 Å². The lowest BCUT2D eigenvalue weighted by Crippen LogP contribution is -2.02. The molecule has 0 fully saturated rings. The monoisotopic (exact) mass is 282 g/mol. The number of esters is 1. The van der Waals surface area contributed by atoms with Crippen molar-refractivity contribution < 1.29 is 13.9 Å². The van der Waals surface area contributed by atoms with E-state index in [0.717, 1.165) is 15.4 Å². The zero-order chi connectivity index (χ0) is 11.7. The number of hydrogen-bond donors (Lipinski definition) is 0. The molecule has 0 saturated heterocycles. The van der Waals surface area contributed by atoms with Gasteiger partial charge in [-0.25, -0.2) is 4.79 Å². The van der Waals surface area contributed by atoms with Crippen molar-refractivity contribution >= 4 is 32.9 Å². The second-order valence-corrected chi connectivity index (χ2v) is 4.29. The second-order valence-electron chi connectivity index (χ2n) is 3.44. The molecule has 0 aliphatic rings. The molecule has 16 heavy (non-hydrogen) atoms. The Balaban J connectivity index is 2.55. The highest BCUT2D eigenvalue weighted by molar-refractivity contribution is 9.10. The highest BCUT2D eigenvalue weighted by atomic mass is 79.9. The summed E-state index contributed by atoms with van der Waals surface area (Å²) in [4.78, 5) is 11.5. The van der Waals surface area contributed by atoms with E-state index in [1.807, 2.05) is 19.1 Å². The third-order valence-corrected chi connectivity index (χ3v) is 2.95. The van der Waals surface area contributed by atoms with Gasteiger partial charge in [0.2, 0.25) is 5.76 Å². The Morgan fingerprint density at radius 2 is 2.25 bits per heavy atom. The number of benzene rings is 1. The standard InChI is InChI=1S/C12H11BrO3/c1-3-15-12(14)10-6-8-7(2)4-5-9(13)11(8)16-10/h4-6H,3H2,1-2H3. The summed E-state index contributed by atoms with van der Waals surface area (Å²) in [6.45, 7) is 4.08. The van der Waals surface area contributed by atoms with Crippen molar-refractivity contribution in [3.63, 3.8) is 0 Å². The SMILES string of the molecule is CCOC(=O)c1cc2c(C)ccc(Br)c2o1. The molecule has 0 atom stereocenters. The average molecular weight is 283 g/mol. The van der Waals surface area contributed by atoms with Gasteiger partial charge in [-0.05, 0) is 47.5 Å². The van der Waals surface area contributed by atoms with Crippen LogP contribution in [0, 0.1) is 6.92 Å². The lowest BCUT2D eigenvalue weighted by atomic mass is 10.1. The fraction of sp³-hybridized carbons (Fsp3) is 0.250. The molecule has 0 aliphatic carbocycles. The number of hydrogen-bond acceptors (Lipinski definition) is 3. The summed E-state index contributed by atoms with van der Waals surface area (Å²) in [6.07, 6.45) is 0. The summed E-state index contributed by atoms with van der Waals surface area (Å²) in [5.74, 6) is -0.183. The number of carbonyl (C=O) groups excluding carboxylic acids is 1. The topological polar surface area (TPSA) is 39.4 Å². The molecule has 0 N–H and O–H groups in total. The predicted molar refractivity (Wildman–Crippen MR) is 64.6 cm³/mol. The van der Waals surface area contributed by atoms with E-state index >= 15 is 0 Å². The van der Waals surface area contributed by atoms with E-state index in [4.69, 9.17) is 9.15 Å². The number of carbonyl (C=O) groups is 1. The number of aryl methyl sites for hydroxylation is 1. The van der Waals surface area contributed by atoms with Gasteiger partial charge in [0.15, 0.2) is 0 Å². The highest BCUT2D eigenvalue weighted by Gasteiger charge is 2.15. The van der Waals surface area contributed by atoms with Gasteiger partial charge in [0.25, 0.3) is 0 Å². The molecule has 0 amide bonds. The van der Waals surface area contributed by atoms with Crippen molar-refractivity contribution in [2.45, 2.75) is 13.8 Å². The van der Waals surface area contributed by atoms with Crippen molar-refractivity contribution in [1.29, 1.82) is 0 Å². The van der Waals surface area contributed by atoms with Crippen LogP contribution in [0.5, 0.6) is 0 Å².